The average Bonchev–Trinajstić information content (AvgIpc) is 3.02. The van der Waals surface area contributed by atoms with Crippen LogP contribution >= 0.6 is 0 Å². The number of ketones is 4. The summed E-state index contributed by atoms with van der Waals surface area (Å²) in [7, 11) is 1.52. The van der Waals surface area contributed by atoms with Gasteiger partial charge in [0.2, 0.25) is 5.91 Å². The fourth-order valence-corrected chi connectivity index (χ4v) is 8.52. The van der Waals surface area contributed by atoms with Gasteiger partial charge in [-0.2, -0.15) is 0 Å². The number of esters is 1. The first kappa shape index (κ1) is 35.9. The van der Waals surface area contributed by atoms with Crippen molar-refractivity contribution in [3.63, 3.8) is 0 Å². The van der Waals surface area contributed by atoms with Gasteiger partial charge in [-0.1, -0.05) is 39.8 Å². The van der Waals surface area contributed by atoms with Crippen molar-refractivity contribution in [1.29, 1.82) is 0 Å². The van der Waals surface area contributed by atoms with Crippen LogP contribution < -0.4 is 10.5 Å². The highest BCUT2D eigenvalue weighted by atomic mass is 16.5. The Bertz CT molecular complexity index is 1730. The molecule has 11 nitrogen and oxygen atoms in total. The van der Waals surface area contributed by atoms with Gasteiger partial charge in [-0.25, -0.2) is 0 Å². The summed E-state index contributed by atoms with van der Waals surface area (Å²) in [5.41, 5.74) is 5.22. The molecule has 0 aliphatic heterocycles. The normalized spacial score (nSPS) is 27.0. The zero-order valence-corrected chi connectivity index (χ0v) is 28.8. The van der Waals surface area contributed by atoms with Crippen LogP contribution in [0.1, 0.15) is 68.9 Å². The summed E-state index contributed by atoms with van der Waals surface area (Å²) in [5.74, 6) is -12.2. The van der Waals surface area contributed by atoms with E-state index in [0.29, 0.717) is 41.9 Å². The average molecular weight is 676 g/mol. The molecule has 3 aliphatic rings. The van der Waals surface area contributed by atoms with Gasteiger partial charge >= 0.3 is 5.97 Å². The summed E-state index contributed by atoms with van der Waals surface area (Å²) >= 11 is 0. The molecule has 3 aliphatic carbocycles. The van der Waals surface area contributed by atoms with Gasteiger partial charge in [-0.05, 0) is 85.3 Å². The van der Waals surface area contributed by atoms with Gasteiger partial charge in [0, 0.05) is 17.4 Å². The lowest BCUT2D eigenvalue weighted by molar-refractivity contribution is -0.182. The summed E-state index contributed by atoms with van der Waals surface area (Å²) < 4.78 is 11.0. The predicted octanol–water partition coefficient (Wildman–Crippen LogP) is 3.65. The molecule has 4 N–H and O–H groups in total. The largest absolute Gasteiger partial charge is 0.507 e. The van der Waals surface area contributed by atoms with Crippen molar-refractivity contribution in [2.75, 3.05) is 13.7 Å². The van der Waals surface area contributed by atoms with Crippen LogP contribution in [-0.4, -0.2) is 64.5 Å². The van der Waals surface area contributed by atoms with Crippen molar-refractivity contribution in [2.24, 2.45) is 53.1 Å². The first-order chi connectivity index (χ1) is 23.1. The number of carbonyl (C=O) groups excluding carboxylic acids is 6. The Morgan fingerprint density at radius 3 is 2.31 bits per heavy atom. The number of aryl methyl sites for hydroxylation is 1. The number of hydrogen-bond acceptors (Lipinski definition) is 10. The molecule has 0 bridgehead atoms. The molecule has 0 radical (unpaired) electrons. The monoisotopic (exact) mass is 675 g/mol. The number of phenols is 1. The maximum Gasteiger partial charge on any atom is 0.309 e. The third-order valence-corrected chi connectivity index (χ3v) is 10.9. The molecule has 49 heavy (non-hydrogen) atoms. The number of phenolic OH excluding ortho intramolecular Hbond substituents is 1. The van der Waals surface area contributed by atoms with E-state index in [1.807, 2.05) is 26.0 Å². The molecule has 2 saturated carbocycles. The summed E-state index contributed by atoms with van der Waals surface area (Å²) in [6, 6.07) is 8.68. The second-order valence-electron chi connectivity index (χ2n) is 14.3. The van der Waals surface area contributed by atoms with E-state index in [1.165, 1.54) is 13.2 Å². The molecule has 2 aromatic rings. The minimum Gasteiger partial charge on any atom is -0.507 e. The maximum atomic E-state index is 14.2. The summed E-state index contributed by atoms with van der Waals surface area (Å²) in [6.45, 7) is 9.44. The highest BCUT2D eigenvalue weighted by molar-refractivity contribution is 6.32. The molecule has 262 valence electrons. The second-order valence-corrected chi connectivity index (χ2v) is 14.3. The maximum absolute atomic E-state index is 14.2. The van der Waals surface area contributed by atoms with Crippen LogP contribution in [0.4, 0.5) is 0 Å². The van der Waals surface area contributed by atoms with Gasteiger partial charge < -0.3 is 25.4 Å². The standard InChI is InChI=1S/C38H45NO10/c1-7-49-37(46)21(17(2)3)10-8-19-9-13-27(48-6)23(14-19)22-11-12-26(40)30-24(22)15-20-16-25-28(18(4)5)32(41)31(36(39)45)35(44)38(25,47)34(43)29(20)33(30)42/h9,11-14,17-18,20-21,25,28-29,31,40,47H,7-8,10,15-16H2,1-6H3,(H2,39,45)/t20-,21?,25-,28-,29?,31?,38-/m0/s1. The van der Waals surface area contributed by atoms with Gasteiger partial charge in [-0.15, -0.1) is 0 Å². The number of nitrogens with two attached hydrogens (primary N) is 1. The third-order valence-electron chi connectivity index (χ3n) is 10.9. The lowest BCUT2D eigenvalue weighted by Crippen LogP contribution is -2.71. The second kappa shape index (κ2) is 13.5. The van der Waals surface area contributed by atoms with E-state index in [9.17, 15) is 39.0 Å². The fraction of sp³-hybridized carbons (Fsp3) is 0.526. The van der Waals surface area contributed by atoms with Crippen molar-refractivity contribution in [3.05, 3.63) is 47.0 Å². The molecule has 0 spiro atoms. The number of primary amides is 1. The van der Waals surface area contributed by atoms with Crippen LogP contribution in [0, 0.1) is 47.3 Å². The molecule has 2 fully saturated rings. The molecule has 1 amide bonds. The van der Waals surface area contributed by atoms with E-state index in [2.05, 4.69) is 0 Å². The first-order valence-electron chi connectivity index (χ1n) is 17.0. The number of aromatic hydroxyl groups is 1. The number of benzene rings is 2. The molecule has 0 heterocycles. The van der Waals surface area contributed by atoms with Crippen molar-refractivity contribution in [2.45, 2.75) is 65.9 Å². The Hall–Kier alpha value is -4.38. The summed E-state index contributed by atoms with van der Waals surface area (Å²) in [5, 5.41) is 22.9. The van der Waals surface area contributed by atoms with Crippen LogP contribution in [0.2, 0.25) is 0 Å². The number of carbonyl (C=O) groups is 6. The van der Waals surface area contributed by atoms with E-state index in [-0.39, 0.29) is 42.0 Å². The van der Waals surface area contributed by atoms with E-state index in [0.717, 1.165) is 5.56 Å². The summed E-state index contributed by atoms with van der Waals surface area (Å²) in [6.07, 6.45) is 1.23. The van der Waals surface area contributed by atoms with Crippen molar-refractivity contribution in [1.82, 2.24) is 0 Å². The Morgan fingerprint density at radius 2 is 1.71 bits per heavy atom. The number of methoxy groups -OCH3 is 1. The highest BCUT2D eigenvalue weighted by Gasteiger charge is 2.69. The molecule has 5 rings (SSSR count). The van der Waals surface area contributed by atoms with Crippen molar-refractivity contribution in [3.8, 4) is 22.6 Å². The Balaban J connectivity index is 1.57. The van der Waals surface area contributed by atoms with E-state index >= 15 is 0 Å². The SMILES string of the molecule is CCOC(=O)C(CCc1ccc(OC)c(-c2ccc(O)c3c2C[C@H]2C[C@H]4[C@H](C(C)C)C(=O)C(C(N)=O)C(=O)[C@@]4(O)C(=O)C2C3=O)c1)C(C)C. The zero-order chi connectivity index (χ0) is 36.1. The lowest BCUT2D eigenvalue weighted by Gasteiger charge is -2.52. The smallest absolute Gasteiger partial charge is 0.309 e. The molecule has 0 saturated heterocycles. The van der Waals surface area contributed by atoms with Crippen LogP contribution in [-0.2, 0) is 41.6 Å². The van der Waals surface area contributed by atoms with Crippen LogP contribution in [0.3, 0.4) is 0 Å². The van der Waals surface area contributed by atoms with Gasteiger partial charge in [0.15, 0.2) is 34.7 Å². The van der Waals surface area contributed by atoms with Gasteiger partial charge in [0.25, 0.3) is 0 Å². The molecule has 2 aromatic carbocycles. The van der Waals surface area contributed by atoms with Crippen LogP contribution in [0.15, 0.2) is 30.3 Å². The highest BCUT2D eigenvalue weighted by Crippen LogP contribution is 2.54. The van der Waals surface area contributed by atoms with Crippen molar-refractivity contribution >= 4 is 35.0 Å². The number of fused-ring (bicyclic) bond motifs is 3. The number of ether oxygens (including phenoxy) is 2. The number of amides is 1. The minimum atomic E-state index is -2.75. The molecular formula is C38H45NO10. The molecule has 11 heteroatoms. The van der Waals surface area contributed by atoms with Crippen LogP contribution in [0.25, 0.3) is 11.1 Å². The Kier molecular flexibility index (Phi) is 9.89. The number of rotatable bonds is 10. The number of aliphatic hydroxyl groups is 1. The van der Waals surface area contributed by atoms with Gasteiger partial charge in [0.1, 0.15) is 11.5 Å². The fourth-order valence-electron chi connectivity index (χ4n) is 8.52. The van der Waals surface area contributed by atoms with E-state index in [4.69, 9.17) is 15.2 Å². The Labute approximate surface area is 285 Å². The van der Waals surface area contributed by atoms with Crippen LogP contribution in [0.5, 0.6) is 11.5 Å². The van der Waals surface area contributed by atoms with Crippen molar-refractivity contribution < 1.29 is 48.5 Å². The van der Waals surface area contributed by atoms with E-state index in [1.54, 1.807) is 32.9 Å². The van der Waals surface area contributed by atoms with Gasteiger partial charge in [0.05, 0.1) is 31.1 Å². The predicted molar refractivity (Wildman–Crippen MR) is 177 cm³/mol. The molecule has 7 atom stereocenters. The first-order valence-corrected chi connectivity index (χ1v) is 17.0. The van der Waals surface area contributed by atoms with Gasteiger partial charge in [-0.3, -0.25) is 28.8 Å². The molecule has 3 unspecified atom stereocenters. The zero-order valence-electron chi connectivity index (χ0n) is 28.8. The lowest BCUT2D eigenvalue weighted by atomic mass is 9.49. The molecule has 0 aromatic heterocycles. The topological polar surface area (TPSA) is 187 Å². The minimum absolute atomic E-state index is 0.0133. The number of Topliss-reactive ketones (excluding diaryl/α,β-unsaturated/α-hetero) is 4. The quantitative estimate of drug-likeness (QED) is 0.248. The summed E-state index contributed by atoms with van der Waals surface area (Å²) in [4.78, 5) is 80.3. The molecular weight excluding hydrogens is 630 g/mol. The third kappa shape index (κ3) is 5.85. The number of hydrogen-bond donors (Lipinski definition) is 3. The Morgan fingerprint density at radius 1 is 1.02 bits per heavy atom. The van der Waals surface area contributed by atoms with E-state index < -0.39 is 70.1 Å².